The highest BCUT2D eigenvalue weighted by molar-refractivity contribution is 6.02. The average molecular weight is 330 g/mol. The van der Waals surface area contributed by atoms with Crippen LogP contribution in [0.5, 0.6) is 0 Å². The first-order valence-corrected chi connectivity index (χ1v) is 7.85. The molecule has 1 saturated heterocycles. The maximum Gasteiger partial charge on any atom is 0.270 e. The minimum Gasteiger partial charge on any atom is -0.339 e. The van der Waals surface area contributed by atoms with Gasteiger partial charge in [-0.2, -0.15) is 5.10 Å². The number of benzene rings is 1. The zero-order valence-electron chi connectivity index (χ0n) is 13.6. The third-order valence-electron chi connectivity index (χ3n) is 4.12. The van der Waals surface area contributed by atoms with Crippen LogP contribution in [0.15, 0.2) is 30.3 Å². The summed E-state index contributed by atoms with van der Waals surface area (Å²) in [7, 11) is 1.68. The summed E-state index contributed by atoms with van der Waals surface area (Å²) in [6, 6.07) is 7.16. The van der Waals surface area contributed by atoms with E-state index in [1.165, 1.54) is 15.6 Å². The lowest BCUT2D eigenvalue weighted by atomic mass is 10.0. The van der Waals surface area contributed by atoms with Crippen molar-refractivity contribution in [2.45, 2.75) is 25.8 Å². The molecule has 1 aromatic carbocycles. The first-order chi connectivity index (χ1) is 11.5. The Labute approximate surface area is 139 Å². The molecule has 1 aliphatic rings. The van der Waals surface area contributed by atoms with E-state index in [-0.39, 0.29) is 17.5 Å². The van der Waals surface area contributed by atoms with Crippen LogP contribution in [-0.4, -0.2) is 34.2 Å². The summed E-state index contributed by atoms with van der Waals surface area (Å²) in [5, 5.41) is 6.87. The second-order valence-electron chi connectivity index (χ2n) is 5.90. The largest absolute Gasteiger partial charge is 0.339 e. The summed E-state index contributed by atoms with van der Waals surface area (Å²) < 4.78 is 15.4. The van der Waals surface area contributed by atoms with E-state index in [1.54, 1.807) is 38.2 Å². The van der Waals surface area contributed by atoms with Gasteiger partial charge in [0.1, 0.15) is 17.6 Å². The third-order valence-corrected chi connectivity index (χ3v) is 4.12. The molecule has 1 atom stereocenters. The molecule has 0 radical (unpaired) electrons. The van der Waals surface area contributed by atoms with Gasteiger partial charge in [0.15, 0.2) is 0 Å². The van der Waals surface area contributed by atoms with Gasteiger partial charge in [-0.15, -0.1) is 0 Å². The molecule has 0 saturated carbocycles. The van der Waals surface area contributed by atoms with Crippen molar-refractivity contribution in [2.24, 2.45) is 7.05 Å². The van der Waals surface area contributed by atoms with Crippen LogP contribution in [0, 0.1) is 12.7 Å². The van der Waals surface area contributed by atoms with Crippen molar-refractivity contribution in [2.75, 3.05) is 11.4 Å². The Hall–Kier alpha value is -2.70. The monoisotopic (exact) mass is 330 g/mol. The van der Waals surface area contributed by atoms with Crippen LogP contribution in [0.2, 0.25) is 0 Å². The zero-order chi connectivity index (χ0) is 17.3. The number of piperidine rings is 1. The Morgan fingerprint density at radius 2 is 2.12 bits per heavy atom. The Kier molecular flexibility index (Phi) is 4.33. The van der Waals surface area contributed by atoms with Crippen LogP contribution in [0.25, 0.3) is 0 Å². The molecule has 0 bridgehead atoms. The smallest absolute Gasteiger partial charge is 0.270 e. The van der Waals surface area contributed by atoms with Gasteiger partial charge in [-0.05, 0) is 38.0 Å². The van der Waals surface area contributed by atoms with Crippen LogP contribution in [-0.2, 0) is 11.8 Å². The predicted octanol–water partition coefficient (Wildman–Crippen LogP) is 1.79. The fourth-order valence-electron chi connectivity index (χ4n) is 2.97. The number of rotatable bonds is 3. The predicted molar refractivity (Wildman–Crippen MR) is 87.2 cm³/mol. The number of aromatic nitrogens is 2. The quantitative estimate of drug-likeness (QED) is 0.933. The molecule has 126 valence electrons. The van der Waals surface area contributed by atoms with E-state index in [0.29, 0.717) is 25.1 Å². The van der Waals surface area contributed by atoms with Crippen LogP contribution >= 0.6 is 0 Å². The Morgan fingerprint density at radius 1 is 1.38 bits per heavy atom. The Bertz CT molecular complexity index is 787. The van der Waals surface area contributed by atoms with Crippen molar-refractivity contribution in [3.05, 3.63) is 47.5 Å². The van der Waals surface area contributed by atoms with Gasteiger partial charge < -0.3 is 10.2 Å². The summed E-state index contributed by atoms with van der Waals surface area (Å²) >= 11 is 0. The first kappa shape index (κ1) is 16.2. The average Bonchev–Trinajstić information content (AvgIpc) is 2.89. The number of nitrogens with zero attached hydrogens (tertiary/aromatic N) is 3. The summed E-state index contributed by atoms with van der Waals surface area (Å²) in [6.45, 7) is 2.24. The van der Waals surface area contributed by atoms with Crippen LogP contribution in [0.3, 0.4) is 0 Å². The van der Waals surface area contributed by atoms with Gasteiger partial charge in [-0.3, -0.25) is 14.3 Å². The van der Waals surface area contributed by atoms with Crippen LogP contribution in [0.1, 0.15) is 29.0 Å². The van der Waals surface area contributed by atoms with Gasteiger partial charge >= 0.3 is 0 Å². The number of hydrogen-bond donors (Lipinski definition) is 1. The molecule has 1 aromatic heterocycles. The number of carbonyl (C=O) groups is 2. The van der Waals surface area contributed by atoms with Gasteiger partial charge in [0.2, 0.25) is 5.91 Å². The van der Waals surface area contributed by atoms with Gasteiger partial charge in [0.05, 0.1) is 11.4 Å². The zero-order valence-corrected chi connectivity index (χ0v) is 13.6. The highest BCUT2D eigenvalue weighted by Crippen LogP contribution is 2.24. The molecule has 0 unspecified atom stereocenters. The molecular weight excluding hydrogens is 311 g/mol. The molecule has 1 fully saturated rings. The van der Waals surface area contributed by atoms with E-state index < -0.39 is 11.9 Å². The highest BCUT2D eigenvalue weighted by atomic mass is 19.1. The minimum atomic E-state index is -0.666. The SMILES string of the molecule is Cc1cc(C(=O)N[C@@H]2CCCN(c3ccccc3F)C2=O)n(C)n1. The highest BCUT2D eigenvalue weighted by Gasteiger charge is 2.32. The van der Waals surface area contributed by atoms with E-state index in [2.05, 4.69) is 10.4 Å². The molecule has 24 heavy (non-hydrogen) atoms. The van der Waals surface area contributed by atoms with Crippen molar-refractivity contribution in [1.29, 1.82) is 0 Å². The van der Waals surface area contributed by atoms with E-state index in [1.807, 2.05) is 0 Å². The normalized spacial score (nSPS) is 17.9. The molecule has 0 aliphatic carbocycles. The van der Waals surface area contributed by atoms with Gasteiger partial charge in [0.25, 0.3) is 5.91 Å². The van der Waals surface area contributed by atoms with Crippen LogP contribution < -0.4 is 10.2 Å². The first-order valence-electron chi connectivity index (χ1n) is 7.85. The minimum absolute atomic E-state index is 0.248. The topological polar surface area (TPSA) is 67.2 Å². The number of aryl methyl sites for hydroxylation is 2. The molecule has 2 heterocycles. The third kappa shape index (κ3) is 3.02. The molecule has 0 spiro atoms. The van der Waals surface area contributed by atoms with Crippen molar-refractivity contribution in [3.8, 4) is 0 Å². The number of anilines is 1. The maximum absolute atomic E-state index is 14.0. The lowest BCUT2D eigenvalue weighted by Crippen LogP contribution is -2.52. The number of carbonyl (C=O) groups excluding carboxylic acids is 2. The van der Waals surface area contributed by atoms with Crippen molar-refractivity contribution in [1.82, 2.24) is 15.1 Å². The number of hydrogen-bond acceptors (Lipinski definition) is 3. The Balaban J connectivity index is 1.77. The van der Waals surface area contributed by atoms with Crippen molar-refractivity contribution >= 4 is 17.5 Å². The molecule has 6 nitrogen and oxygen atoms in total. The molecule has 1 N–H and O–H groups in total. The lowest BCUT2D eigenvalue weighted by Gasteiger charge is -2.32. The molecular formula is C17H19FN4O2. The fraction of sp³-hybridized carbons (Fsp3) is 0.353. The maximum atomic E-state index is 14.0. The van der Waals surface area contributed by atoms with E-state index >= 15 is 0 Å². The van der Waals surface area contributed by atoms with Crippen molar-refractivity contribution in [3.63, 3.8) is 0 Å². The number of amides is 2. The fourth-order valence-corrected chi connectivity index (χ4v) is 2.97. The van der Waals surface area contributed by atoms with E-state index in [9.17, 15) is 14.0 Å². The molecule has 2 aromatic rings. The van der Waals surface area contributed by atoms with Crippen molar-refractivity contribution < 1.29 is 14.0 Å². The van der Waals surface area contributed by atoms with Gasteiger partial charge in [0, 0.05) is 13.6 Å². The lowest BCUT2D eigenvalue weighted by molar-refractivity contribution is -0.121. The number of para-hydroxylation sites is 1. The van der Waals surface area contributed by atoms with E-state index in [4.69, 9.17) is 0 Å². The summed E-state index contributed by atoms with van der Waals surface area (Å²) in [5.74, 6) is -1.09. The molecule has 1 aliphatic heterocycles. The molecule has 3 rings (SSSR count). The van der Waals surface area contributed by atoms with Gasteiger partial charge in [-0.25, -0.2) is 4.39 Å². The van der Waals surface area contributed by atoms with E-state index in [0.717, 1.165) is 5.69 Å². The summed E-state index contributed by atoms with van der Waals surface area (Å²) in [4.78, 5) is 26.4. The molecule has 7 heteroatoms. The second-order valence-corrected chi connectivity index (χ2v) is 5.90. The number of nitrogens with one attached hydrogen (secondary N) is 1. The second kappa shape index (κ2) is 6.43. The summed E-state index contributed by atoms with van der Waals surface area (Å²) in [6.07, 6.45) is 1.22. The number of halogens is 1. The summed E-state index contributed by atoms with van der Waals surface area (Å²) in [5.41, 5.74) is 1.37. The van der Waals surface area contributed by atoms with Crippen LogP contribution in [0.4, 0.5) is 10.1 Å². The van der Waals surface area contributed by atoms with Gasteiger partial charge in [-0.1, -0.05) is 12.1 Å². The molecule has 2 amide bonds. The standard InChI is InChI=1S/C17H19FN4O2/c1-11-10-15(21(2)20-11)16(23)19-13-7-5-9-22(17(13)24)14-8-4-3-6-12(14)18/h3-4,6,8,10,13H,5,7,9H2,1-2H3,(H,19,23)/t13-/m1/s1. The Morgan fingerprint density at radius 3 is 2.79 bits per heavy atom.